The fourth-order valence-electron chi connectivity index (χ4n) is 6.58. The van der Waals surface area contributed by atoms with Crippen LogP contribution in [0.1, 0.15) is 74.5 Å². The van der Waals surface area contributed by atoms with Crippen molar-refractivity contribution < 1.29 is 0 Å². The van der Waals surface area contributed by atoms with Gasteiger partial charge in [0.1, 0.15) is 11.6 Å². The Hall–Kier alpha value is -1.64. The number of nitrogens with zero attached hydrogens (tertiary/aromatic N) is 3. The number of aryl methyl sites for hydroxylation is 1. The molecular weight excluding hydrogens is 306 g/mol. The molecule has 1 heterocycles. The summed E-state index contributed by atoms with van der Waals surface area (Å²) in [5.74, 6) is 6.00. The monoisotopic (exact) mass is 333 g/mol. The lowest BCUT2D eigenvalue weighted by atomic mass is 9.49. The van der Waals surface area contributed by atoms with E-state index in [0.29, 0.717) is 11.3 Å². The van der Waals surface area contributed by atoms with Gasteiger partial charge in [-0.2, -0.15) is 0 Å². The minimum absolute atomic E-state index is 0.305. The SMILES string of the molecule is Cc1ccc(-n2c(C3CC3)nnc2C23CC4CC(CC(C4)C2)C3)cc1. The number of hydrogen-bond donors (Lipinski definition) is 0. The van der Waals surface area contributed by atoms with Crippen molar-refractivity contribution in [3.63, 3.8) is 0 Å². The molecule has 0 atom stereocenters. The Bertz CT molecular complexity index is 777. The zero-order valence-corrected chi connectivity index (χ0v) is 15.1. The molecule has 0 amide bonds. The fourth-order valence-corrected chi connectivity index (χ4v) is 6.58. The van der Waals surface area contributed by atoms with Crippen LogP contribution in [-0.2, 0) is 5.41 Å². The zero-order valence-electron chi connectivity index (χ0n) is 15.1. The molecule has 3 heteroatoms. The number of hydrogen-bond acceptors (Lipinski definition) is 2. The Morgan fingerprint density at radius 1 is 0.880 bits per heavy atom. The largest absolute Gasteiger partial charge is 0.282 e. The molecule has 0 spiro atoms. The fraction of sp³-hybridized carbons (Fsp3) is 0.636. The first-order valence-electron chi connectivity index (χ1n) is 10.2. The Labute approximate surface area is 149 Å². The Balaban J connectivity index is 1.51. The van der Waals surface area contributed by atoms with E-state index in [1.165, 1.54) is 74.3 Å². The third-order valence-corrected chi connectivity index (χ3v) is 7.44. The van der Waals surface area contributed by atoms with E-state index < -0.39 is 0 Å². The summed E-state index contributed by atoms with van der Waals surface area (Å²) < 4.78 is 2.48. The molecule has 5 aliphatic carbocycles. The maximum atomic E-state index is 4.88. The van der Waals surface area contributed by atoms with E-state index in [-0.39, 0.29) is 0 Å². The van der Waals surface area contributed by atoms with Crippen LogP contribution in [0.5, 0.6) is 0 Å². The molecule has 130 valence electrons. The summed E-state index contributed by atoms with van der Waals surface area (Å²) in [6.07, 6.45) is 11.1. The standard InChI is InChI=1S/C22H27N3/c1-14-2-6-19(7-3-14)25-20(18-4-5-18)23-24-21(25)22-11-15-8-16(12-22)10-17(9-15)13-22/h2-3,6-7,15-18H,4-5,8-13H2,1H3. The van der Waals surface area contributed by atoms with E-state index in [4.69, 9.17) is 10.2 Å². The van der Waals surface area contributed by atoms with Gasteiger partial charge in [0.15, 0.2) is 0 Å². The third kappa shape index (κ3) is 2.17. The van der Waals surface area contributed by atoms with Crippen LogP contribution in [0.25, 0.3) is 5.69 Å². The van der Waals surface area contributed by atoms with Gasteiger partial charge in [0.25, 0.3) is 0 Å². The summed E-state index contributed by atoms with van der Waals surface area (Å²) in [5.41, 5.74) is 2.91. The molecule has 0 aliphatic heterocycles. The van der Waals surface area contributed by atoms with Gasteiger partial charge in [0, 0.05) is 17.0 Å². The Kier molecular flexibility index (Phi) is 2.88. The average molecular weight is 333 g/mol. The molecule has 0 N–H and O–H groups in total. The van der Waals surface area contributed by atoms with Gasteiger partial charge in [0.2, 0.25) is 0 Å². The van der Waals surface area contributed by atoms with E-state index in [2.05, 4.69) is 35.8 Å². The molecule has 1 aromatic carbocycles. The highest BCUT2D eigenvalue weighted by Gasteiger charge is 2.54. The summed E-state index contributed by atoms with van der Waals surface area (Å²) >= 11 is 0. The normalized spacial score (nSPS) is 36.1. The maximum Gasteiger partial charge on any atom is 0.143 e. The highest BCUT2D eigenvalue weighted by Crippen LogP contribution is 2.60. The summed E-state index contributed by atoms with van der Waals surface area (Å²) in [7, 11) is 0. The highest BCUT2D eigenvalue weighted by atomic mass is 15.3. The molecule has 0 saturated heterocycles. The van der Waals surface area contributed by atoms with Crippen LogP contribution in [0.15, 0.2) is 24.3 Å². The Morgan fingerprint density at radius 3 is 2.04 bits per heavy atom. The van der Waals surface area contributed by atoms with Crippen LogP contribution >= 0.6 is 0 Å². The van der Waals surface area contributed by atoms with Crippen LogP contribution in [0.4, 0.5) is 0 Å². The summed E-state index contributed by atoms with van der Waals surface area (Å²) in [6.45, 7) is 2.16. The van der Waals surface area contributed by atoms with Crippen molar-refractivity contribution in [3.05, 3.63) is 41.5 Å². The van der Waals surface area contributed by atoms with E-state index in [9.17, 15) is 0 Å². The van der Waals surface area contributed by atoms with Crippen molar-refractivity contribution in [2.45, 2.75) is 69.6 Å². The second-order valence-electron chi connectivity index (χ2n) is 9.52. The van der Waals surface area contributed by atoms with Crippen molar-refractivity contribution in [1.29, 1.82) is 0 Å². The first kappa shape index (κ1) is 14.5. The van der Waals surface area contributed by atoms with Gasteiger partial charge in [-0.25, -0.2) is 0 Å². The molecule has 7 rings (SSSR count). The van der Waals surface area contributed by atoms with E-state index in [0.717, 1.165) is 17.8 Å². The van der Waals surface area contributed by atoms with Gasteiger partial charge in [0.05, 0.1) is 0 Å². The first-order valence-corrected chi connectivity index (χ1v) is 10.2. The number of benzene rings is 1. The molecule has 3 nitrogen and oxygen atoms in total. The third-order valence-electron chi connectivity index (χ3n) is 7.44. The van der Waals surface area contributed by atoms with Crippen molar-refractivity contribution in [2.75, 3.05) is 0 Å². The Morgan fingerprint density at radius 2 is 1.48 bits per heavy atom. The van der Waals surface area contributed by atoms with Crippen LogP contribution in [-0.4, -0.2) is 14.8 Å². The van der Waals surface area contributed by atoms with Crippen molar-refractivity contribution >= 4 is 0 Å². The minimum atomic E-state index is 0.305. The molecule has 1 aromatic heterocycles. The van der Waals surface area contributed by atoms with Gasteiger partial charge in [-0.1, -0.05) is 17.7 Å². The van der Waals surface area contributed by atoms with Gasteiger partial charge in [-0.15, -0.1) is 10.2 Å². The van der Waals surface area contributed by atoms with Gasteiger partial charge in [-0.3, -0.25) is 4.57 Å². The second-order valence-corrected chi connectivity index (χ2v) is 9.52. The minimum Gasteiger partial charge on any atom is -0.282 e. The predicted molar refractivity (Wildman–Crippen MR) is 97.9 cm³/mol. The van der Waals surface area contributed by atoms with Crippen LogP contribution in [0, 0.1) is 24.7 Å². The van der Waals surface area contributed by atoms with E-state index >= 15 is 0 Å². The van der Waals surface area contributed by atoms with Gasteiger partial charge in [-0.05, 0) is 88.2 Å². The van der Waals surface area contributed by atoms with Crippen LogP contribution < -0.4 is 0 Å². The molecule has 5 fully saturated rings. The molecule has 25 heavy (non-hydrogen) atoms. The lowest BCUT2D eigenvalue weighted by Gasteiger charge is -2.56. The van der Waals surface area contributed by atoms with Crippen molar-refractivity contribution in [3.8, 4) is 5.69 Å². The molecule has 0 radical (unpaired) electrons. The quantitative estimate of drug-likeness (QED) is 0.798. The smallest absolute Gasteiger partial charge is 0.143 e. The number of rotatable bonds is 3. The molecule has 0 unspecified atom stereocenters. The second kappa shape index (κ2) is 4.96. The first-order chi connectivity index (χ1) is 12.2. The summed E-state index contributed by atoms with van der Waals surface area (Å²) in [6, 6.07) is 9.01. The van der Waals surface area contributed by atoms with E-state index in [1.807, 2.05) is 0 Å². The molecule has 5 aliphatic rings. The van der Waals surface area contributed by atoms with Crippen LogP contribution in [0.3, 0.4) is 0 Å². The van der Waals surface area contributed by atoms with Crippen molar-refractivity contribution in [1.82, 2.24) is 14.8 Å². The van der Waals surface area contributed by atoms with E-state index in [1.54, 1.807) is 0 Å². The number of aromatic nitrogens is 3. The maximum absolute atomic E-state index is 4.88. The van der Waals surface area contributed by atoms with Crippen LogP contribution in [0.2, 0.25) is 0 Å². The topological polar surface area (TPSA) is 30.7 Å². The molecule has 5 saturated carbocycles. The molecule has 2 aromatic rings. The average Bonchev–Trinajstić information content (AvgIpc) is 3.32. The predicted octanol–water partition coefficient (Wildman–Crippen LogP) is 4.92. The lowest BCUT2D eigenvalue weighted by Crippen LogP contribution is -2.49. The summed E-state index contributed by atoms with van der Waals surface area (Å²) in [5, 5.41) is 9.63. The lowest BCUT2D eigenvalue weighted by molar-refractivity contribution is -0.0102. The zero-order chi connectivity index (χ0) is 16.6. The van der Waals surface area contributed by atoms with Crippen molar-refractivity contribution in [2.24, 2.45) is 17.8 Å². The summed E-state index contributed by atoms with van der Waals surface area (Å²) in [4.78, 5) is 0. The molecular formula is C22H27N3. The van der Waals surface area contributed by atoms with Gasteiger partial charge < -0.3 is 0 Å². The van der Waals surface area contributed by atoms with Gasteiger partial charge >= 0.3 is 0 Å². The molecule has 4 bridgehead atoms. The highest BCUT2D eigenvalue weighted by molar-refractivity contribution is 5.39.